The highest BCUT2D eigenvalue weighted by atomic mass is 15.2. The molecule has 2 aliphatic rings. The molecule has 0 atom stereocenters. The second-order valence-electron chi connectivity index (χ2n) is 11.7. The minimum Gasteiger partial charge on any atom is -0.383 e. The fourth-order valence-corrected chi connectivity index (χ4v) is 6.65. The van der Waals surface area contributed by atoms with Crippen molar-refractivity contribution in [2.24, 2.45) is 5.41 Å². The second kappa shape index (κ2) is 10.9. The fraction of sp³-hybridized carbons (Fsp3) is 0.294. The molecular weight excluding hydrogens is 520 g/mol. The van der Waals surface area contributed by atoms with Crippen LogP contribution in [0, 0.1) is 16.9 Å². The molecular formula is C34H34N8. The SMILES string of the molecule is N#CN1CCCC2(CCN(Cc3ccc(-n4c(-c5cccnc5N)nc5ccc(-c6ccccc6)nc54)cc3)CC2)C1. The molecule has 0 unspecified atom stereocenters. The lowest BCUT2D eigenvalue weighted by Gasteiger charge is -2.46. The van der Waals surface area contributed by atoms with Gasteiger partial charge in [-0.25, -0.2) is 15.0 Å². The zero-order chi connectivity index (χ0) is 28.5. The van der Waals surface area contributed by atoms with Crippen LogP contribution in [0.1, 0.15) is 31.2 Å². The number of fused-ring (bicyclic) bond motifs is 1. The number of pyridine rings is 2. The quantitative estimate of drug-likeness (QED) is 0.270. The summed E-state index contributed by atoms with van der Waals surface area (Å²) in [7, 11) is 0. The number of imidazole rings is 1. The number of piperidine rings is 2. The standard InChI is InChI=1S/C34H34N8/c35-24-41-19-5-15-34(23-41)16-20-40(21-17-34)22-25-9-11-27(12-10-25)42-32(28-8-4-18-37-31(28)36)39-30-14-13-29(38-33(30)42)26-6-2-1-3-7-26/h1-4,6-14,18H,5,15-17,19-23H2,(H2,36,37). The largest absolute Gasteiger partial charge is 0.383 e. The summed E-state index contributed by atoms with van der Waals surface area (Å²) in [6, 6.07) is 26.8. The van der Waals surface area contributed by atoms with Gasteiger partial charge in [-0.1, -0.05) is 42.5 Å². The zero-order valence-electron chi connectivity index (χ0n) is 23.7. The van der Waals surface area contributed by atoms with Crippen LogP contribution in [0.2, 0.25) is 0 Å². The molecule has 210 valence electrons. The van der Waals surface area contributed by atoms with E-state index in [1.54, 1.807) is 6.20 Å². The number of likely N-dealkylation sites (tertiary alicyclic amines) is 2. The molecule has 5 aromatic rings. The molecule has 2 aliphatic heterocycles. The van der Waals surface area contributed by atoms with E-state index in [1.165, 1.54) is 12.0 Å². The number of nitrogens with zero attached hydrogens (tertiary/aromatic N) is 7. The molecule has 0 aliphatic carbocycles. The number of benzene rings is 2. The van der Waals surface area contributed by atoms with Crippen molar-refractivity contribution in [2.45, 2.75) is 32.2 Å². The Balaban J connectivity index is 1.18. The summed E-state index contributed by atoms with van der Waals surface area (Å²) in [5, 5.41) is 9.41. The number of rotatable bonds is 5. The lowest BCUT2D eigenvalue weighted by atomic mass is 9.72. The lowest BCUT2D eigenvalue weighted by Crippen LogP contribution is -2.48. The van der Waals surface area contributed by atoms with Crippen LogP contribution in [-0.2, 0) is 6.54 Å². The molecule has 0 radical (unpaired) electrons. The van der Waals surface area contributed by atoms with E-state index in [0.717, 1.165) is 91.5 Å². The van der Waals surface area contributed by atoms with Crippen molar-refractivity contribution in [1.82, 2.24) is 29.3 Å². The predicted molar refractivity (Wildman–Crippen MR) is 165 cm³/mol. The van der Waals surface area contributed by atoms with E-state index >= 15 is 0 Å². The first-order chi connectivity index (χ1) is 20.6. The summed E-state index contributed by atoms with van der Waals surface area (Å²) in [5.41, 5.74) is 13.2. The van der Waals surface area contributed by atoms with Crippen LogP contribution in [0.15, 0.2) is 85.1 Å². The van der Waals surface area contributed by atoms with Crippen molar-refractivity contribution in [3.05, 3.63) is 90.6 Å². The van der Waals surface area contributed by atoms with Gasteiger partial charge in [0.05, 0.1) is 11.3 Å². The van der Waals surface area contributed by atoms with Gasteiger partial charge in [0.2, 0.25) is 0 Å². The zero-order valence-corrected chi connectivity index (χ0v) is 23.7. The van der Waals surface area contributed by atoms with Crippen LogP contribution in [0.3, 0.4) is 0 Å². The maximum absolute atomic E-state index is 9.41. The normalized spacial score (nSPS) is 17.0. The maximum Gasteiger partial charge on any atom is 0.179 e. The Morgan fingerprint density at radius 1 is 0.857 bits per heavy atom. The summed E-state index contributed by atoms with van der Waals surface area (Å²) >= 11 is 0. The van der Waals surface area contributed by atoms with E-state index < -0.39 is 0 Å². The van der Waals surface area contributed by atoms with Gasteiger partial charge in [0.25, 0.3) is 0 Å². The maximum atomic E-state index is 9.41. The summed E-state index contributed by atoms with van der Waals surface area (Å²) < 4.78 is 2.09. The van der Waals surface area contributed by atoms with E-state index in [9.17, 15) is 5.26 Å². The molecule has 1 spiro atoms. The molecule has 2 saturated heterocycles. The van der Waals surface area contributed by atoms with Gasteiger partial charge in [0.15, 0.2) is 17.7 Å². The van der Waals surface area contributed by atoms with Crippen LogP contribution in [0.4, 0.5) is 5.82 Å². The Hall–Kier alpha value is -4.74. The van der Waals surface area contributed by atoms with Gasteiger partial charge >= 0.3 is 0 Å². The summed E-state index contributed by atoms with van der Waals surface area (Å²) in [5.74, 6) is 1.16. The first-order valence-corrected chi connectivity index (χ1v) is 14.7. The number of nitrogen functional groups attached to an aromatic ring is 1. The van der Waals surface area contributed by atoms with Gasteiger partial charge < -0.3 is 10.6 Å². The fourth-order valence-electron chi connectivity index (χ4n) is 6.65. The molecule has 2 fully saturated rings. The van der Waals surface area contributed by atoms with Gasteiger partial charge in [-0.2, -0.15) is 5.26 Å². The number of aromatic nitrogens is 4. The molecule has 3 aromatic heterocycles. The van der Waals surface area contributed by atoms with Crippen molar-refractivity contribution >= 4 is 17.0 Å². The third kappa shape index (κ3) is 4.97. The highest BCUT2D eigenvalue weighted by Gasteiger charge is 2.38. The van der Waals surface area contributed by atoms with Crippen molar-refractivity contribution in [3.8, 4) is 34.5 Å². The Morgan fingerprint density at radius 2 is 1.67 bits per heavy atom. The minimum atomic E-state index is 0.312. The van der Waals surface area contributed by atoms with Crippen LogP contribution in [-0.4, -0.2) is 55.5 Å². The number of hydrogen-bond donors (Lipinski definition) is 1. The molecule has 2 N–H and O–H groups in total. The van der Waals surface area contributed by atoms with Crippen molar-refractivity contribution < 1.29 is 0 Å². The van der Waals surface area contributed by atoms with E-state index in [0.29, 0.717) is 11.2 Å². The second-order valence-corrected chi connectivity index (χ2v) is 11.7. The van der Waals surface area contributed by atoms with Gasteiger partial charge in [-0.05, 0) is 86.1 Å². The Labute approximate surface area is 246 Å². The molecule has 42 heavy (non-hydrogen) atoms. The Morgan fingerprint density at radius 3 is 2.43 bits per heavy atom. The average Bonchev–Trinajstić information content (AvgIpc) is 3.42. The van der Waals surface area contributed by atoms with Crippen LogP contribution < -0.4 is 5.73 Å². The highest BCUT2D eigenvalue weighted by Crippen LogP contribution is 2.40. The van der Waals surface area contributed by atoms with Crippen LogP contribution in [0.5, 0.6) is 0 Å². The van der Waals surface area contributed by atoms with Gasteiger partial charge in [-0.15, -0.1) is 0 Å². The van der Waals surface area contributed by atoms with Crippen molar-refractivity contribution in [2.75, 3.05) is 31.9 Å². The van der Waals surface area contributed by atoms with E-state index in [1.807, 2.05) is 47.4 Å². The third-order valence-electron chi connectivity index (χ3n) is 8.97. The average molecular weight is 555 g/mol. The number of nitrogens with two attached hydrogens (primary N) is 1. The predicted octanol–water partition coefficient (Wildman–Crippen LogP) is 5.89. The van der Waals surface area contributed by atoms with E-state index in [4.69, 9.17) is 15.7 Å². The van der Waals surface area contributed by atoms with E-state index in [-0.39, 0.29) is 0 Å². The van der Waals surface area contributed by atoms with Crippen LogP contribution in [0.25, 0.3) is 39.5 Å². The van der Waals surface area contributed by atoms with Crippen LogP contribution >= 0.6 is 0 Å². The molecule has 0 amide bonds. The monoisotopic (exact) mass is 554 g/mol. The molecule has 0 bridgehead atoms. The summed E-state index contributed by atoms with van der Waals surface area (Å²) in [4.78, 5) is 18.9. The smallest absolute Gasteiger partial charge is 0.179 e. The molecule has 0 saturated carbocycles. The summed E-state index contributed by atoms with van der Waals surface area (Å²) in [6.45, 7) is 4.91. The first kappa shape index (κ1) is 26.2. The first-order valence-electron chi connectivity index (χ1n) is 14.7. The van der Waals surface area contributed by atoms with Crippen molar-refractivity contribution in [3.63, 3.8) is 0 Å². The number of hydrogen-bond acceptors (Lipinski definition) is 7. The topological polar surface area (TPSA) is 99.9 Å². The molecule has 5 heterocycles. The molecule has 2 aromatic carbocycles. The Kier molecular flexibility index (Phi) is 6.80. The molecule has 8 nitrogen and oxygen atoms in total. The van der Waals surface area contributed by atoms with Gasteiger partial charge in [0, 0.05) is 37.1 Å². The lowest BCUT2D eigenvalue weighted by molar-refractivity contribution is 0.0416. The van der Waals surface area contributed by atoms with Crippen molar-refractivity contribution in [1.29, 1.82) is 5.26 Å². The van der Waals surface area contributed by atoms with E-state index in [2.05, 4.69) is 57.0 Å². The number of anilines is 1. The minimum absolute atomic E-state index is 0.312. The molecule has 7 rings (SSSR count). The Bertz CT molecular complexity index is 1740. The highest BCUT2D eigenvalue weighted by molar-refractivity contribution is 5.84. The number of nitriles is 1. The van der Waals surface area contributed by atoms with Gasteiger partial charge in [0.1, 0.15) is 11.3 Å². The van der Waals surface area contributed by atoms with Gasteiger partial charge in [-0.3, -0.25) is 9.47 Å². The molecule has 8 heteroatoms. The summed E-state index contributed by atoms with van der Waals surface area (Å²) in [6.07, 6.45) is 8.78. The third-order valence-corrected chi connectivity index (χ3v) is 8.97.